The Labute approximate surface area is 163 Å². The first-order valence-corrected chi connectivity index (χ1v) is 9.36. The first kappa shape index (κ1) is 17.6. The average Bonchev–Trinajstić information content (AvgIpc) is 3.03. The number of aromatic nitrogens is 1. The van der Waals surface area contributed by atoms with Crippen LogP contribution in [-0.4, -0.2) is 16.9 Å². The van der Waals surface area contributed by atoms with Gasteiger partial charge < -0.3 is 10.2 Å². The van der Waals surface area contributed by atoms with E-state index < -0.39 is 0 Å². The molecule has 27 heavy (non-hydrogen) atoms. The molecule has 5 heteroatoms. The summed E-state index contributed by atoms with van der Waals surface area (Å²) in [5.41, 5.74) is 4.78. The van der Waals surface area contributed by atoms with Gasteiger partial charge in [0.2, 0.25) is 0 Å². The summed E-state index contributed by atoms with van der Waals surface area (Å²) in [5.74, 6) is -0.211. The predicted octanol–water partition coefficient (Wildman–Crippen LogP) is 4.75. The number of halogens is 1. The highest BCUT2D eigenvalue weighted by Crippen LogP contribution is 2.37. The number of amides is 1. The zero-order chi connectivity index (χ0) is 18.8. The van der Waals surface area contributed by atoms with Crippen LogP contribution in [0.2, 0.25) is 5.02 Å². The monoisotopic (exact) mass is 377 g/mol. The third kappa shape index (κ3) is 3.53. The van der Waals surface area contributed by atoms with Gasteiger partial charge in [-0.05, 0) is 48.7 Å². The zero-order valence-corrected chi connectivity index (χ0v) is 15.8. The smallest absolute Gasteiger partial charge is 0.270 e. The Bertz CT molecular complexity index is 989. The van der Waals surface area contributed by atoms with Crippen molar-refractivity contribution in [2.75, 3.05) is 4.90 Å². The largest absolute Gasteiger partial charge is 0.347 e. The van der Waals surface area contributed by atoms with Crippen molar-refractivity contribution in [1.29, 1.82) is 0 Å². The molecule has 0 bridgehead atoms. The van der Waals surface area contributed by atoms with Crippen molar-refractivity contribution in [3.8, 4) is 0 Å². The summed E-state index contributed by atoms with van der Waals surface area (Å²) in [7, 11) is 0. The summed E-state index contributed by atoms with van der Waals surface area (Å²) in [6.07, 6.45) is 2.68. The van der Waals surface area contributed by atoms with Gasteiger partial charge in [-0.25, -0.2) is 0 Å². The maximum absolute atomic E-state index is 12.6. The highest BCUT2D eigenvalue weighted by Gasteiger charge is 2.27. The van der Waals surface area contributed by atoms with E-state index in [1.54, 1.807) is 6.20 Å². The summed E-state index contributed by atoms with van der Waals surface area (Å²) in [6, 6.07) is 20.0. The van der Waals surface area contributed by atoms with E-state index >= 15 is 0 Å². The van der Waals surface area contributed by atoms with Crippen molar-refractivity contribution >= 4 is 28.9 Å². The molecule has 0 saturated carbocycles. The van der Waals surface area contributed by atoms with Gasteiger partial charge in [-0.2, -0.15) is 0 Å². The number of hydrogen-bond acceptors (Lipinski definition) is 3. The fraction of sp³-hybridized carbons (Fsp3) is 0.182. The fourth-order valence-corrected chi connectivity index (χ4v) is 3.76. The minimum Gasteiger partial charge on any atom is -0.347 e. The molecule has 1 aliphatic heterocycles. The molecule has 3 aromatic rings. The fourth-order valence-electron chi connectivity index (χ4n) is 3.56. The first-order chi connectivity index (χ1) is 13.1. The van der Waals surface area contributed by atoms with Crippen LogP contribution in [0.4, 0.5) is 11.4 Å². The lowest BCUT2D eigenvalue weighted by Crippen LogP contribution is -2.26. The lowest BCUT2D eigenvalue weighted by molar-refractivity contribution is 0.0946. The molecule has 0 radical (unpaired) electrons. The highest BCUT2D eigenvalue weighted by atomic mass is 35.5. The quantitative estimate of drug-likeness (QED) is 0.713. The van der Waals surface area contributed by atoms with E-state index in [0.717, 1.165) is 17.7 Å². The lowest BCUT2D eigenvalue weighted by atomic mass is 10.1. The molecule has 1 N–H and O–H groups in total. The van der Waals surface area contributed by atoms with Crippen molar-refractivity contribution in [3.05, 3.63) is 88.7 Å². The van der Waals surface area contributed by atoms with Gasteiger partial charge in [0.1, 0.15) is 5.69 Å². The van der Waals surface area contributed by atoms with Crippen LogP contribution in [0.25, 0.3) is 0 Å². The van der Waals surface area contributed by atoms with Crippen LogP contribution in [0.3, 0.4) is 0 Å². The van der Waals surface area contributed by atoms with E-state index in [-0.39, 0.29) is 5.91 Å². The van der Waals surface area contributed by atoms with Crippen molar-refractivity contribution in [3.63, 3.8) is 0 Å². The SMILES string of the molecule is CC1Cc2ccccc2N1c1ccnc(C(=O)NCc2ccccc2Cl)c1. The minimum atomic E-state index is -0.211. The summed E-state index contributed by atoms with van der Waals surface area (Å²) >= 11 is 6.16. The van der Waals surface area contributed by atoms with Crippen LogP contribution >= 0.6 is 11.6 Å². The Morgan fingerprint density at radius 3 is 2.81 bits per heavy atom. The Morgan fingerprint density at radius 1 is 1.19 bits per heavy atom. The summed E-state index contributed by atoms with van der Waals surface area (Å²) in [5, 5.41) is 3.54. The van der Waals surface area contributed by atoms with E-state index in [0.29, 0.717) is 23.3 Å². The minimum absolute atomic E-state index is 0.211. The molecule has 0 fully saturated rings. The summed E-state index contributed by atoms with van der Waals surface area (Å²) in [6.45, 7) is 2.56. The van der Waals surface area contributed by atoms with Gasteiger partial charge in [-0.15, -0.1) is 0 Å². The van der Waals surface area contributed by atoms with Gasteiger partial charge >= 0.3 is 0 Å². The van der Waals surface area contributed by atoms with Crippen LogP contribution in [0.5, 0.6) is 0 Å². The second-order valence-electron chi connectivity index (χ2n) is 6.73. The maximum Gasteiger partial charge on any atom is 0.270 e. The molecule has 0 aliphatic carbocycles. The van der Waals surface area contributed by atoms with Gasteiger partial charge in [0.05, 0.1) is 0 Å². The van der Waals surface area contributed by atoms with Crippen molar-refractivity contribution < 1.29 is 4.79 Å². The topological polar surface area (TPSA) is 45.2 Å². The Morgan fingerprint density at radius 2 is 1.96 bits per heavy atom. The molecule has 4 rings (SSSR count). The normalized spacial score (nSPS) is 15.5. The first-order valence-electron chi connectivity index (χ1n) is 8.98. The van der Waals surface area contributed by atoms with Crippen LogP contribution in [0, 0.1) is 0 Å². The third-order valence-electron chi connectivity index (χ3n) is 4.86. The van der Waals surface area contributed by atoms with E-state index in [1.807, 2.05) is 42.5 Å². The van der Waals surface area contributed by atoms with Gasteiger partial charge in [-0.3, -0.25) is 9.78 Å². The number of hydrogen-bond donors (Lipinski definition) is 1. The summed E-state index contributed by atoms with van der Waals surface area (Å²) in [4.78, 5) is 19.1. The number of carbonyl (C=O) groups excluding carboxylic acids is 1. The molecule has 1 unspecified atom stereocenters. The molecule has 1 aliphatic rings. The predicted molar refractivity (Wildman–Crippen MR) is 109 cm³/mol. The van der Waals surface area contributed by atoms with Gasteiger partial charge in [0.25, 0.3) is 5.91 Å². The van der Waals surface area contributed by atoms with Crippen LogP contribution in [0.15, 0.2) is 66.9 Å². The molecule has 2 aromatic carbocycles. The van der Waals surface area contributed by atoms with Gasteiger partial charge in [0, 0.05) is 35.2 Å². The second-order valence-corrected chi connectivity index (χ2v) is 7.13. The number of fused-ring (bicyclic) bond motifs is 1. The molecular formula is C22H20ClN3O. The van der Waals surface area contributed by atoms with E-state index in [4.69, 9.17) is 11.6 Å². The standard InChI is InChI=1S/C22H20ClN3O/c1-15-12-16-6-3-5-9-21(16)26(15)18-10-11-24-20(13-18)22(27)25-14-17-7-2-4-8-19(17)23/h2-11,13,15H,12,14H2,1H3,(H,25,27). The molecular weight excluding hydrogens is 358 g/mol. The molecule has 0 spiro atoms. The number of pyridine rings is 1. The molecule has 1 atom stereocenters. The third-order valence-corrected chi connectivity index (χ3v) is 5.23. The number of carbonyl (C=O) groups is 1. The Hall–Kier alpha value is -2.85. The van der Waals surface area contributed by atoms with Crippen LogP contribution in [0.1, 0.15) is 28.5 Å². The maximum atomic E-state index is 12.6. The zero-order valence-electron chi connectivity index (χ0n) is 15.0. The van der Waals surface area contributed by atoms with Crippen molar-refractivity contribution in [2.24, 2.45) is 0 Å². The van der Waals surface area contributed by atoms with Gasteiger partial charge in [0.15, 0.2) is 0 Å². The molecule has 0 saturated heterocycles. The second kappa shape index (κ2) is 7.41. The summed E-state index contributed by atoms with van der Waals surface area (Å²) < 4.78 is 0. The Kier molecular flexibility index (Phi) is 4.82. The number of nitrogens with one attached hydrogen (secondary N) is 1. The van der Waals surface area contributed by atoms with Crippen LogP contribution < -0.4 is 10.2 Å². The molecule has 1 aromatic heterocycles. The van der Waals surface area contributed by atoms with Gasteiger partial charge in [-0.1, -0.05) is 48.0 Å². The number of nitrogens with zero attached hydrogens (tertiary/aromatic N) is 2. The van der Waals surface area contributed by atoms with Crippen molar-refractivity contribution in [2.45, 2.75) is 25.9 Å². The van der Waals surface area contributed by atoms with E-state index in [9.17, 15) is 4.79 Å². The number of benzene rings is 2. The van der Waals surface area contributed by atoms with Crippen LogP contribution in [-0.2, 0) is 13.0 Å². The molecule has 2 heterocycles. The average molecular weight is 378 g/mol. The van der Waals surface area contributed by atoms with Crippen molar-refractivity contribution in [1.82, 2.24) is 10.3 Å². The number of rotatable bonds is 4. The molecule has 1 amide bonds. The Balaban J connectivity index is 1.54. The number of para-hydroxylation sites is 1. The highest BCUT2D eigenvalue weighted by molar-refractivity contribution is 6.31. The van der Waals surface area contributed by atoms with E-state index in [1.165, 1.54) is 11.3 Å². The van der Waals surface area contributed by atoms with E-state index in [2.05, 4.69) is 40.3 Å². The molecule has 136 valence electrons. The number of anilines is 2. The molecule has 4 nitrogen and oxygen atoms in total. The lowest BCUT2D eigenvalue weighted by Gasteiger charge is -2.25.